The van der Waals surface area contributed by atoms with E-state index in [1.807, 2.05) is 6.92 Å². The molecule has 0 aromatic heterocycles. The van der Waals surface area contributed by atoms with Crippen molar-refractivity contribution in [1.82, 2.24) is 10.2 Å². The number of hydrogen-bond donors (Lipinski definition) is 2. The summed E-state index contributed by atoms with van der Waals surface area (Å²) in [4.78, 5) is 36.0. The van der Waals surface area contributed by atoms with Gasteiger partial charge in [0.2, 0.25) is 0 Å². The van der Waals surface area contributed by atoms with Gasteiger partial charge in [0.15, 0.2) is 0 Å². The minimum absolute atomic E-state index is 0.0521. The summed E-state index contributed by atoms with van der Waals surface area (Å²) in [6, 6.07) is -1.66. The van der Waals surface area contributed by atoms with Gasteiger partial charge in [-0.3, -0.25) is 4.79 Å². The normalized spacial score (nSPS) is 23.9. The zero-order valence-corrected chi connectivity index (χ0v) is 12.1. The van der Waals surface area contributed by atoms with Crippen LogP contribution in [-0.4, -0.2) is 53.7 Å². The molecule has 0 aliphatic carbocycles. The average molecular weight is 286 g/mol. The Morgan fingerprint density at radius 2 is 2.05 bits per heavy atom. The molecule has 20 heavy (non-hydrogen) atoms. The summed E-state index contributed by atoms with van der Waals surface area (Å²) in [5, 5.41) is 11.4. The molecule has 1 aliphatic rings. The number of carboxylic acids is 1. The molecule has 1 fully saturated rings. The zero-order valence-electron chi connectivity index (χ0n) is 12.1. The molecule has 0 saturated carbocycles. The molecule has 1 aliphatic heterocycles. The van der Waals surface area contributed by atoms with Crippen LogP contribution in [0.15, 0.2) is 0 Å². The third kappa shape index (κ3) is 4.11. The van der Waals surface area contributed by atoms with Crippen molar-refractivity contribution in [3.63, 3.8) is 0 Å². The second kappa shape index (κ2) is 7.12. The van der Waals surface area contributed by atoms with Crippen LogP contribution < -0.4 is 5.32 Å². The third-order valence-corrected chi connectivity index (χ3v) is 3.83. The van der Waals surface area contributed by atoms with Crippen LogP contribution in [0.4, 0.5) is 4.79 Å². The molecular formula is C13H22N2O5. The second-order valence-corrected chi connectivity index (χ2v) is 5.17. The lowest BCUT2D eigenvalue weighted by molar-refractivity contribution is -0.147. The molecule has 1 rings (SSSR count). The van der Waals surface area contributed by atoms with E-state index in [-0.39, 0.29) is 12.5 Å². The van der Waals surface area contributed by atoms with Gasteiger partial charge >= 0.3 is 18.0 Å². The molecular weight excluding hydrogens is 264 g/mol. The molecule has 0 bridgehead atoms. The SMILES string of the molecule is COC(=O)C[C@H](NC(=O)N1CCCC(C)C1C)C(=O)O. The van der Waals surface area contributed by atoms with Crippen molar-refractivity contribution >= 4 is 18.0 Å². The molecule has 1 saturated heterocycles. The van der Waals surface area contributed by atoms with Crippen LogP contribution in [-0.2, 0) is 14.3 Å². The fourth-order valence-electron chi connectivity index (χ4n) is 2.30. The number of ether oxygens (including phenoxy) is 1. The Hall–Kier alpha value is -1.79. The van der Waals surface area contributed by atoms with E-state index in [0.717, 1.165) is 12.8 Å². The maximum absolute atomic E-state index is 12.1. The molecule has 2 unspecified atom stereocenters. The van der Waals surface area contributed by atoms with E-state index in [0.29, 0.717) is 12.5 Å². The topological polar surface area (TPSA) is 95.9 Å². The summed E-state index contributed by atoms with van der Waals surface area (Å²) in [7, 11) is 1.18. The van der Waals surface area contributed by atoms with Crippen LogP contribution in [0.1, 0.15) is 33.1 Å². The van der Waals surface area contributed by atoms with Gasteiger partial charge in [0.25, 0.3) is 0 Å². The first-order chi connectivity index (χ1) is 9.36. The monoisotopic (exact) mass is 286 g/mol. The van der Waals surface area contributed by atoms with Gasteiger partial charge in [0.05, 0.1) is 13.5 Å². The first-order valence-corrected chi connectivity index (χ1v) is 6.73. The van der Waals surface area contributed by atoms with Gasteiger partial charge in [-0.15, -0.1) is 0 Å². The van der Waals surface area contributed by atoms with Crippen LogP contribution in [0.2, 0.25) is 0 Å². The number of rotatable bonds is 4. The first-order valence-electron chi connectivity index (χ1n) is 6.73. The molecule has 7 heteroatoms. The molecule has 0 aromatic carbocycles. The van der Waals surface area contributed by atoms with E-state index in [2.05, 4.69) is 17.0 Å². The summed E-state index contributed by atoms with van der Waals surface area (Å²) in [5.74, 6) is -1.54. The second-order valence-electron chi connectivity index (χ2n) is 5.17. The van der Waals surface area contributed by atoms with E-state index in [4.69, 9.17) is 5.11 Å². The van der Waals surface area contributed by atoms with Gasteiger partial charge in [0.1, 0.15) is 6.04 Å². The van der Waals surface area contributed by atoms with Crippen molar-refractivity contribution < 1.29 is 24.2 Å². The number of esters is 1. The van der Waals surface area contributed by atoms with Crippen LogP contribution in [0, 0.1) is 5.92 Å². The van der Waals surface area contributed by atoms with Gasteiger partial charge in [-0.1, -0.05) is 6.92 Å². The Bertz CT molecular complexity index is 385. The lowest BCUT2D eigenvalue weighted by Gasteiger charge is -2.38. The number of carbonyl (C=O) groups is 3. The number of methoxy groups -OCH3 is 1. The summed E-state index contributed by atoms with van der Waals surface area (Å²) < 4.78 is 4.43. The van der Waals surface area contributed by atoms with E-state index in [9.17, 15) is 14.4 Å². The Balaban J connectivity index is 2.65. The summed E-state index contributed by atoms with van der Waals surface area (Å²) >= 11 is 0. The highest BCUT2D eigenvalue weighted by atomic mass is 16.5. The van der Waals surface area contributed by atoms with Crippen LogP contribution in [0.25, 0.3) is 0 Å². The minimum Gasteiger partial charge on any atom is -0.480 e. The number of hydrogen-bond acceptors (Lipinski definition) is 4. The Labute approximate surface area is 118 Å². The number of amides is 2. The average Bonchev–Trinajstić information content (AvgIpc) is 2.40. The summed E-state index contributed by atoms with van der Waals surface area (Å²) in [5.41, 5.74) is 0. The van der Waals surface area contributed by atoms with Gasteiger partial charge in [-0.05, 0) is 25.7 Å². The number of likely N-dealkylation sites (tertiary alicyclic amines) is 1. The number of urea groups is 1. The van der Waals surface area contributed by atoms with E-state index >= 15 is 0 Å². The zero-order chi connectivity index (χ0) is 15.3. The Kier molecular flexibility index (Phi) is 5.79. The number of aliphatic carboxylic acids is 1. The molecule has 0 radical (unpaired) electrons. The van der Waals surface area contributed by atoms with Gasteiger partial charge in [-0.2, -0.15) is 0 Å². The molecule has 2 N–H and O–H groups in total. The van der Waals surface area contributed by atoms with Crippen molar-refractivity contribution in [2.24, 2.45) is 5.92 Å². The third-order valence-electron chi connectivity index (χ3n) is 3.83. The fourth-order valence-corrected chi connectivity index (χ4v) is 2.30. The number of carboxylic acid groups (broad SMARTS) is 1. The minimum atomic E-state index is -1.26. The maximum Gasteiger partial charge on any atom is 0.326 e. The van der Waals surface area contributed by atoms with Crippen molar-refractivity contribution in [2.75, 3.05) is 13.7 Å². The lowest BCUT2D eigenvalue weighted by Crippen LogP contribution is -2.54. The van der Waals surface area contributed by atoms with Crippen molar-refractivity contribution in [1.29, 1.82) is 0 Å². The van der Waals surface area contributed by atoms with Crippen LogP contribution >= 0.6 is 0 Å². The molecule has 2 amide bonds. The predicted octanol–water partition coefficient (Wildman–Crippen LogP) is 0.833. The quantitative estimate of drug-likeness (QED) is 0.746. The van der Waals surface area contributed by atoms with Crippen molar-refractivity contribution in [3.8, 4) is 0 Å². The number of nitrogens with zero attached hydrogens (tertiary/aromatic N) is 1. The maximum atomic E-state index is 12.1. The van der Waals surface area contributed by atoms with E-state index in [1.165, 1.54) is 7.11 Å². The van der Waals surface area contributed by atoms with Gasteiger partial charge in [-0.25, -0.2) is 9.59 Å². The fraction of sp³-hybridized carbons (Fsp3) is 0.769. The number of nitrogens with one attached hydrogen (secondary N) is 1. The Morgan fingerprint density at radius 1 is 1.40 bits per heavy atom. The first kappa shape index (κ1) is 16.3. The predicted molar refractivity (Wildman–Crippen MR) is 71.2 cm³/mol. The van der Waals surface area contributed by atoms with Crippen LogP contribution in [0.3, 0.4) is 0 Å². The lowest BCUT2D eigenvalue weighted by atomic mass is 9.92. The largest absolute Gasteiger partial charge is 0.480 e. The highest BCUT2D eigenvalue weighted by Crippen LogP contribution is 2.22. The summed E-state index contributed by atoms with van der Waals surface area (Å²) in [6.45, 7) is 4.61. The molecule has 3 atom stereocenters. The van der Waals surface area contributed by atoms with Crippen molar-refractivity contribution in [3.05, 3.63) is 0 Å². The molecule has 7 nitrogen and oxygen atoms in total. The van der Waals surface area contributed by atoms with Crippen LogP contribution in [0.5, 0.6) is 0 Å². The highest BCUT2D eigenvalue weighted by Gasteiger charge is 2.31. The standard InChI is InChI=1S/C13H22N2O5/c1-8-5-4-6-15(9(8)2)13(19)14-10(12(17)18)7-11(16)20-3/h8-10H,4-7H2,1-3H3,(H,14,19)(H,17,18)/t8?,9?,10-/m0/s1. The molecule has 0 spiro atoms. The molecule has 1 heterocycles. The Morgan fingerprint density at radius 3 is 2.60 bits per heavy atom. The van der Waals surface area contributed by atoms with E-state index in [1.54, 1.807) is 4.90 Å². The number of carbonyl (C=O) groups excluding carboxylic acids is 2. The molecule has 0 aromatic rings. The molecule has 114 valence electrons. The van der Waals surface area contributed by atoms with Gasteiger partial charge < -0.3 is 20.1 Å². The highest BCUT2D eigenvalue weighted by molar-refractivity contribution is 5.86. The smallest absolute Gasteiger partial charge is 0.326 e. The summed E-state index contributed by atoms with van der Waals surface area (Å²) in [6.07, 6.45) is 1.57. The van der Waals surface area contributed by atoms with Crippen molar-refractivity contribution in [2.45, 2.75) is 45.2 Å². The number of piperidine rings is 1. The van der Waals surface area contributed by atoms with E-state index < -0.39 is 24.0 Å². The van der Waals surface area contributed by atoms with Gasteiger partial charge in [0, 0.05) is 12.6 Å².